The molecule has 0 fully saturated rings. The summed E-state index contributed by atoms with van der Waals surface area (Å²) >= 11 is 0. The minimum atomic E-state index is -4.38. The molecule has 2 rings (SSSR count). The van der Waals surface area contributed by atoms with Crippen LogP contribution in [0.1, 0.15) is 51.0 Å². The van der Waals surface area contributed by atoms with Gasteiger partial charge in [-0.25, -0.2) is 4.57 Å². The number of phenolic OH excluding ortho intramolecular Hbond substituents is 1. The molecule has 0 aliphatic heterocycles. The number of aliphatic hydroxyl groups is 3. The zero-order valence-corrected chi connectivity index (χ0v) is 17.4. The van der Waals surface area contributed by atoms with Crippen molar-refractivity contribution in [2.45, 2.75) is 51.6 Å². The first-order valence-corrected chi connectivity index (χ1v) is 11.1. The lowest BCUT2D eigenvalue weighted by Gasteiger charge is -2.28. The fourth-order valence-electron chi connectivity index (χ4n) is 3.19. The van der Waals surface area contributed by atoms with Crippen LogP contribution >= 0.6 is 7.75 Å². The predicted octanol–water partition coefficient (Wildman–Crippen LogP) is 4.26. The van der Waals surface area contributed by atoms with Gasteiger partial charge in [-0.2, -0.15) is 4.76 Å². The van der Waals surface area contributed by atoms with Crippen molar-refractivity contribution in [3.63, 3.8) is 0 Å². The average molecular weight is 425 g/mol. The van der Waals surface area contributed by atoms with E-state index in [2.05, 4.69) is 4.76 Å². The summed E-state index contributed by atoms with van der Waals surface area (Å²) in [6.07, 6.45) is 1.44. The van der Waals surface area contributed by atoms with Gasteiger partial charge in [0.2, 0.25) is 0 Å². The Morgan fingerprint density at radius 3 is 2.41 bits per heavy atom. The molecule has 29 heavy (non-hydrogen) atoms. The Morgan fingerprint density at radius 2 is 1.83 bits per heavy atom. The molecular formula is C20H28NO7P. The maximum atomic E-state index is 12.3. The van der Waals surface area contributed by atoms with Crippen molar-refractivity contribution in [2.75, 3.05) is 6.61 Å². The number of unbranched alkanes of at least 4 members (excludes halogenated alkanes) is 1. The highest BCUT2D eigenvalue weighted by Crippen LogP contribution is 2.46. The number of hydrogen-bond donors (Lipinski definition) is 5. The maximum Gasteiger partial charge on any atom is 0.451 e. The van der Waals surface area contributed by atoms with E-state index in [1.807, 2.05) is 13.8 Å². The maximum absolute atomic E-state index is 12.3. The first kappa shape index (κ1) is 23.2. The van der Waals surface area contributed by atoms with Gasteiger partial charge in [-0.3, -0.25) is 4.52 Å². The van der Waals surface area contributed by atoms with Crippen molar-refractivity contribution < 1.29 is 34.4 Å². The van der Waals surface area contributed by atoms with Crippen LogP contribution < -0.4 is 0 Å². The second-order valence-electron chi connectivity index (χ2n) is 6.89. The number of nitrogens with zero attached hydrogens (tertiary/aromatic N) is 1. The van der Waals surface area contributed by atoms with Gasteiger partial charge < -0.3 is 25.3 Å². The minimum Gasteiger partial charge on any atom is -0.512 e. The number of aliphatic hydroxyl groups excluding tert-OH is 3. The van der Waals surface area contributed by atoms with E-state index in [1.165, 1.54) is 12.1 Å². The van der Waals surface area contributed by atoms with Crippen molar-refractivity contribution in [3.8, 4) is 5.75 Å². The van der Waals surface area contributed by atoms with E-state index in [0.717, 1.165) is 12.5 Å². The molecule has 1 aliphatic rings. The molecule has 0 spiro atoms. The molecule has 0 aromatic heterocycles. The topological polar surface area (TPSA) is 140 Å². The molecule has 0 saturated carbocycles. The third kappa shape index (κ3) is 6.18. The van der Waals surface area contributed by atoms with Gasteiger partial charge in [-0.1, -0.05) is 32.4 Å². The Bertz CT molecular complexity index is 845. The molecule has 1 aromatic rings. The van der Waals surface area contributed by atoms with Crippen molar-refractivity contribution in [2.24, 2.45) is 4.76 Å². The second-order valence-corrected chi connectivity index (χ2v) is 8.33. The summed E-state index contributed by atoms with van der Waals surface area (Å²) in [5.74, 6) is -1.07. The van der Waals surface area contributed by atoms with Crippen LogP contribution in [-0.4, -0.2) is 43.7 Å². The number of hydrogen-bond acceptors (Lipinski definition) is 6. The largest absolute Gasteiger partial charge is 0.512 e. The summed E-state index contributed by atoms with van der Waals surface area (Å²) in [6.45, 7) is 3.79. The molecule has 0 saturated heterocycles. The van der Waals surface area contributed by atoms with Crippen LogP contribution in [0.4, 0.5) is 0 Å². The lowest BCUT2D eigenvalue weighted by Crippen LogP contribution is -2.28. The van der Waals surface area contributed by atoms with Crippen LogP contribution in [0.25, 0.3) is 0 Å². The number of rotatable bonds is 9. The SMILES string of the molecule is CCCCOP(=O)(O)N=C1CC(O)=CC(O)=C1C(O)C(CC)c1ccc(O)cc1. The van der Waals surface area contributed by atoms with Gasteiger partial charge >= 0.3 is 7.75 Å². The highest BCUT2D eigenvalue weighted by molar-refractivity contribution is 7.51. The van der Waals surface area contributed by atoms with E-state index < -0.39 is 25.5 Å². The van der Waals surface area contributed by atoms with Crippen LogP contribution in [0.5, 0.6) is 5.75 Å². The molecule has 3 unspecified atom stereocenters. The molecule has 0 radical (unpaired) electrons. The fraction of sp³-hybridized carbons (Fsp3) is 0.450. The molecule has 8 nitrogen and oxygen atoms in total. The summed E-state index contributed by atoms with van der Waals surface area (Å²) in [5, 5.41) is 40.7. The van der Waals surface area contributed by atoms with Crippen LogP contribution in [0, 0.1) is 0 Å². The third-order valence-electron chi connectivity index (χ3n) is 4.68. The average Bonchev–Trinajstić information content (AvgIpc) is 2.63. The van der Waals surface area contributed by atoms with Crippen molar-refractivity contribution in [1.29, 1.82) is 0 Å². The van der Waals surface area contributed by atoms with Gasteiger partial charge in [0.1, 0.15) is 17.3 Å². The lowest BCUT2D eigenvalue weighted by atomic mass is 9.83. The van der Waals surface area contributed by atoms with E-state index in [0.29, 0.717) is 18.4 Å². The number of aromatic hydroxyl groups is 1. The predicted molar refractivity (Wildman–Crippen MR) is 110 cm³/mol. The Hall–Kier alpha value is -2.12. The smallest absolute Gasteiger partial charge is 0.451 e. The van der Waals surface area contributed by atoms with Crippen LogP contribution in [0.3, 0.4) is 0 Å². The Balaban J connectivity index is 2.41. The van der Waals surface area contributed by atoms with Gasteiger partial charge in [-0.05, 0) is 30.5 Å². The number of phenols is 1. The molecule has 5 N–H and O–H groups in total. The van der Waals surface area contributed by atoms with Gasteiger partial charge in [0.25, 0.3) is 0 Å². The number of benzene rings is 1. The van der Waals surface area contributed by atoms with Crippen molar-refractivity contribution in [3.05, 3.63) is 53.0 Å². The molecule has 1 aliphatic carbocycles. The van der Waals surface area contributed by atoms with Crippen LogP contribution in [0.2, 0.25) is 0 Å². The Morgan fingerprint density at radius 1 is 1.17 bits per heavy atom. The summed E-state index contributed by atoms with van der Waals surface area (Å²) in [6, 6.07) is 6.29. The zero-order valence-electron chi connectivity index (χ0n) is 16.5. The standard InChI is InChI=1S/C20H28NO7P/c1-3-5-10-28-29(26,27)21-17-11-15(23)12-18(24)19(17)20(25)16(4-2)13-6-8-14(22)9-7-13/h6-9,12,16,20,22-25H,3-5,10-11H2,1-2H3,(H,26,27). The first-order chi connectivity index (χ1) is 13.7. The van der Waals surface area contributed by atoms with Gasteiger partial charge in [0.05, 0.1) is 18.4 Å². The third-order valence-corrected chi connectivity index (χ3v) is 5.69. The van der Waals surface area contributed by atoms with Crippen LogP contribution in [-0.2, 0) is 9.09 Å². The highest BCUT2D eigenvalue weighted by Gasteiger charge is 2.33. The normalized spacial score (nSPS) is 20.3. The summed E-state index contributed by atoms with van der Waals surface area (Å²) in [5.41, 5.74) is 0.577. The van der Waals surface area contributed by atoms with E-state index in [9.17, 15) is 29.9 Å². The molecular weight excluding hydrogens is 397 g/mol. The quantitative estimate of drug-likeness (QED) is 0.294. The Labute approximate surface area is 170 Å². The number of allylic oxidation sites excluding steroid dienone is 2. The van der Waals surface area contributed by atoms with Gasteiger partial charge in [0.15, 0.2) is 0 Å². The molecule has 0 amide bonds. The van der Waals surface area contributed by atoms with E-state index in [4.69, 9.17) is 4.52 Å². The second kappa shape index (κ2) is 10.1. The van der Waals surface area contributed by atoms with E-state index in [-0.39, 0.29) is 35.8 Å². The van der Waals surface area contributed by atoms with Gasteiger partial charge in [0, 0.05) is 24.0 Å². The first-order valence-electron chi connectivity index (χ1n) is 9.55. The lowest BCUT2D eigenvalue weighted by molar-refractivity contribution is 0.175. The Kier molecular flexibility index (Phi) is 8.05. The van der Waals surface area contributed by atoms with Crippen LogP contribution in [0.15, 0.2) is 52.2 Å². The summed E-state index contributed by atoms with van der Waals surface area (Å²) in [7, 11) is -4.38. The minimum absolute atomic E-state index is 0.0314. The summed E-state index contributed by atoms with van der Waals surface area (Å²) < 4.78 is 21.0. The zero-order chi connectivity index (χ0) is 21.6. The highest BCUT2D eigenvalue weighted by atomic mass is 31.2. The van der Waals surface area contributed by atoms with Gasteiger partial charge in [-0.15, -0.1) is 0 Å². The molecule has 160 valence electrons. The van der Waals surface area contributed by atoms with Crippen molar-refractivity contribution in [1.82, 2.24) is 0 Å². The monoisotopic (exact) mass is 425 g/mol. The summed E-state index contributed by atoms with van der Waals surface area (Å²) in [4.78, 5) is 10.0. The molecule has 0 bridgehead atoms. The molecule has 3 atom stereocenters. The molecule has 1 aromatic carbocycles. The molecule has 9 heteroatoms. The van der Waals surface area contributed by atoms with E-state index >= 15 is 0 Å². The van der Waals surface area contributed by atoms with Crippen molar-refractivity contribution >= 4 is 13.5 Å². The molecule has 0 heterocycles. The van der Waals surface area contributed by atoms with E-state index in [1.54, 1.807) is 12.1 Å². The fourth-order valence-corrected chi connectivity index (χ4v) is 4.09.